The fourth-order valence-corrected chi connectivity index (χ4v) is 1.50. The minimum absolute atomic E-state index is 0.0993. The first-order valence-corrected chi connectivity index (χ1v) is 5.12. The zero-order chi connectivity index (χ0) is 12.1. The Balaban J connectivity index is 2.19. The van der Waals surface area contributed by atoms with Gasteiger partial charge in [0.1, 0.15) is 18.4 Å². The minimum atomic E-state index is -0.555. The van der Waals surface area contributed by atoms with E-state index in [0.717, 1.165) is 16.7 Å². The lowest BCUT2D eigenvalue weighted by molar-refractivity contribution is 0.435. The topological polar surface area (TPSA) is 46.0 Å². The molecule has 0 saturated carbocycles. The molecule has 1 aromatic carbocycles. The van der Waals surface area contributed by atoms with Crippen molar-refractivity contribution in [3.63, 3.8) is 0 Å². The summed E-state index contributed by atoms with van der Waals surface area (Å²) in [6.45, 7) is 0. The lowest BCUT2D eigenvalue weighted by atomic mass is 10.1. The molecule has 0 aliphatic rings. The SMILES string of the molecule is O/C=C(\F)Cc1ccc(-c2cncnc2)cc1. The van der Waals surface area contributed by atoms with Crippen LogP contribution in [0.2, 0.25) is 0 Å². The van der Waals surface area contributed by atoms with E-state index in [1.807, 2.05) is 24.3 Å². The van der Waals surface area contributed by atoms with Gasteiger partial charge in [-0.2, -0.15) is 0 Å². The second-order valence-electron chi connectivity index (χ2n) is 3.58. The van der Waals surface area contributed by atoms with Crippen molar-refractivity contribution >= 4 is 0 Å². The van der Waals surface area contributed by atoms with Crippen molar-refractivity contribution in [1.82, 2.24) is 9.97 Å². The van der Waals surface area contributed by atoms with E-state index in [1.165, 1.54) is 6.33 Å². The average Bonchev–Trinajstić information content (AvgIpc) is 2.40. The van der Waals surface area contributed by atoms with Gasteiger partial charge < -0.3 is 5.11 Å². The average molecular weight is 230 g/mol. The molecule has 0 amide bonds. The van der Waals surface area contributed by atoms with E-state index < -0.39 is 5.83 Å². The Hall–Kier alpha value is -2.23. The summed E-state index contributed by atoms with van der Waals surface area (Å²) < 4.78 is 12.8. The highest BCUT2D eigenvalue weighted by atomic mass is 19.1. The third kappa shape index (κ3) is 2.87. The third-order valence-electron chi connectivity index (χ3n) is 2.36. The van der Waals surface area contributed by atoms with Crippen LogP contribution in [0, 0.1) is 0 Å². The van der Waals surface area contributed by atoms with Crippen LogP contribution in [0.4, 0.5) is 4.39 Å². The van der Waals surface area contributed by atoms with E-state index in [4.69, 9.17) is 5.11 Å². The maximum absolute atomic E-state index is 12.8. The molecular weight excluding hydrogens is 219 g/mol. The fraction of sp³-hybridized carbons (Fsp3) is 0.0769. The maximum atomic E-state index is 12.8. The number of allylic oxidation sites excluding steroid dienone is 1. The van der Waals surface area contributed by atoms with Crippen molar-refractivity contribution in [3.8, 4) is 11.1 Å². The Bertz CT molecular complexity index is 509. The number of halogens is 1. The summed E-state index contributed by atoms with van der Waals surface area (Å²) in [6, 6.07) is 7.37. The number of hydrogen-bond donors (Lipinski definition) is 1. The van der Waals surface area contributed by atoms with Crippen molar-refractivity contribution in [2.45, 2.75) is 6.42 Å². The first kappa shape index (κ1) is 11.3. The van der Waals surface area contributed by atoms with Gasteiger partial charge in [-0.05, 0) is 11.1 Å². The summed E-state index contributed by atoms with van der Waals surface area (Å²) in [5.74, 6) is -0.555. The van der Waals surface area contributed by atoms with Crippen LogP contribution in [0.15, 0.2) is 55.1 Å². The molecule has 0 spiro atoms. The van der Waals surface area contributed by atoms with Crippen LogP contribution in [0.5, 0.6) is 0 Å². The fourth-order valence-electron chi connectivity index (χ4n) is 1.50. The van der Waals surface area contributed by atoms with Gasteiger partial charge >= 0.3 is 0 Å². The first-order chi connectivity index (χ1) is 8.29. The van der Waals surface area contributed by atoms with Crippen LogP contribution in [0.3, 0.4) is 0 Å². The Kier molecular flexibility index (Phi) is 3.45. The van der Waals surface area contributed by atoms with E-state index >= 15 is 0 Å². The Morgan fingerprint density at radius 1 is 1.12 bits per heavy atom. The summed E-state index contributed by atoms with van der Waals surface area (Å²) in [6.07, 6.45) is 5.49. The maximum Gasteiger partial charge on any atom is 0.138 e. The smallest absolute Gasteiger partial charge is 0.138 e. The molecule has 0 aliphatic heterocycles. The standard InChI is InChI=1S/C13H11FN2O/c14-13(8-17)5-10-1-3-11(4-2-10)12-6-15-9-16-7-12/h1-4,6-9,17H,5H2/b13-8-. The van der Waals surface area contributed by atoms with Crippen LogP contribution < -0.4 is 0 Å². The van der Waals surface area contributed by atoms with Crippen LogP contribution in [-0.2, 0) is 6.42 Å². The molecule has 4 heteroatoms. The van der Waals surface area contributed by atoms with Crippen LogP contribution >= 0.6 is 0 Å². The van der Waals surface area contributed by atoms with Crippen LogP contribution in [-0.4, -0.2) is 15.1 Å². The molecule has 0 fully saturated rings. The summed E-state index contributed by atoms with van der Waals surface area (Å²) in [5.41, 5.74) is 2.69. The molecule has 1 N–H and O–H groups in total. The number of aliphatic hydroxyl groups is 1. The van der Waals surface area contributed by atoms with Gasteiger partial charge in [0.2, 0.25) is 0 Å². The molecule has 2 rings (SSSR count). The van der Waals surface area contributed by atoms with Gasteiger partial charge in [0, 0.05) is 24.4 Å². The summed E-state index contributed by atoms with van der Waals surface area (Å²) in [7, 11) is 0. The number of nitrogens with zero attached hydrogens (tertiary/aromatic N) is 2. The Morgan fingerprint density at radius 2 is 1.76 bits per heavy atom. The molecule has 3 nitrogen and oxygen atoms in total. The Morgan fingerprint density at radius 3 is 2.35 bits per heavy atom. The van der Waals surface area contributed by atoms with Gasteiger partial charge in [0.05, 0.1) is 0 Å². The Labute approximate surface area is 98.3 Å². The van der Waals surface area contributed by atoms with E-state index in [0.29, 0.717) is 6.26 Å². The molecule has 0 atom stereocenters. The predicted molar refractivity (Wildman–Crippen MR) is 63.0 cm³/mol. The monoisotopic (exact) mass is 230 g/mol. The third-order valence-corrected chi connectivity index (χ3v) is 2.36. The van der Waals surface area contributed by atoms with E-state index in [2.05, 4.69) is 9.97 Å². The molecule has 2 aromatic rings. The molecule has 0 aliphatic carbocycles. The number of aliphatic hydroxyl groups excluding tert-OH is 1. The summed E-state index contributed by atoms with van der Waals surface area (Å²) >= 11 is 0. The first-order valence-electron chi connectivity index (χ1n) is 5.12. The van der Waals surface area contributed by atoms with Crippen LogP contribution in [0.1, 0.15) is 5.56 Å². The molecule has 0 unspecified atom stereocenters. The van der Waals surface area contributed by atoms with Gasteiger partial charge in [-0.1, -0.05) is 24.3 Å². The highest BCUT2D eigenvalue weighted by molar-refractivity contribution is 5.61. The van der Waals surface area contributed by atoms with Crippen molar-refractivity contribution in [2.24, 2.45) is 0 Å². The van der Waals surface area contributed by atoms with Gasteiger partial charge in [-0.3, -0.25) is 0 Å². The molecule has 1 heterocycles. The van der Waals surface area contributed by atoms with Gasteiger partial charge in [0.25, 0.3) is 0 Å². The van der Waals surface area contributed by atoms with E-state index in [-0.39, 0.29) is 6.42 Å². The largest absolute Gasteiger partial charge is 0.513 e. The van der Waals surface area contributed by atoms with Crippen molar-refractivity contribution in [1.29, 1.82) is 0 Å². The minimum Gasteiger partial charge on any atom is -0.513 e. The van der Waals surface area contributed by atoms with Crippen molar-refractivity contribution in [2.75, 3.05) is 0 Å². The van der Waals surface area contributed by atoms with Gasteiger partial charge in [-0.25, -0.2) is 14.4 Å². The molecule has 0 bridgehead atoms. The molecule has 0 saturated heterocycles. The number of hydrogen-bond acceptors (Lipinski definition) is 3. The van der Waals surface area contributed by atoms with Crippen molar-refractivity contribution < 1.29 is 9.50 Å². The highest BCUT2D eigenvalue weighted by Gasteiger charge is 2.01. The van der Waals surface area contributed by atoms with E-state index in [9.17, 15) is 4.39 Å². The van der Waals surface area contributed by atoms with Gasteiger partial charge in [-0.15, -0.1) is 0 Å². The molecule has 17 heavy (non-hydrogen) atoms. The normalized spacial score (nSPS) is 11.5. The lowest BCUT2D eigenvalue weighted by Gasteiger charge is -2.02. The zero-order valence-electron chi connectivity index (χ0n) is 9.05. The van der Waals surface area contributed by atoms with Crippen LogP contribution in [0.25, 0.3) is 11.1 Å². The predicted octanol–water partition coefficient (Wildman–Crippen LogP) is 3.06. The summed E-state index contributed by atoms with van der Waals surface area (Å²) in [5, 5.41) is 8.48. The molecule has 0 radical (unpaired) electrons. The second kappa shape index (κ2) is 5.21. The van der Waals surface area contributed by atoms with Gasteiger partial charge in [0.15, 0.2) is 0 Å². The molecule has 86 valence electrons. The molecular formula is C13H11FN2O. The van der Waals surface area contributed by atoms with Crippen molar-refractivity contribution in [3.05, 3.63) is 60.6 Å². The quantitative estimate of drug-likeness (QED) is 0.824. The number of aromatic nitrogens is 2. The van der Waals surface area contributed by atoms with E-state index in [1.54, 1.807) is 12.4 Å². The second-order valence-corrected chi connectivity index (χ2v) is 3.58. The highest BCUT2D eigenvalue weighted by Crippen LogP contribution is 2.18. The molecule has 1 aromatic heterocycles. The number of rotatable bonds is 3. The number of benzene rings is 1. The zero-order valence-corrected chi connectivity index (χ0v) is 9.05. The lowest BCUT2D eigenvalue weighted by Crippen LogP contribution is -1.87. The summed E-state index contributed by atoms with van der Waals surface area (Å²) in [4.78, 5) is 7.86.